The molecule has 138 valence electrons. The van der Waals surface area contributed by atoms with Crippen molar-refractivity contribution in [2.45, 2.75) is 44.1 Å². The van der Waals surface area contributed by atoms with E-state index in [-0.39, 0.29) is 6.10 Å². The van der Waals surface area contributed by atoms with Gasteiger partial charge in [0.1, 0.15) is 17.9 Å². The fraction of sp³-hybridized carbons (Fsp3) is 0.524. The molecule has 4 rings (SSSR count). The summed E-state index contributed by atoms with van der Waals surface area (Å²) in [6, 6.07) is 12.2. The first-order valence-corrected chi connectivity index (χ1v) is 9.71. The third-order valence-electron chi connectivity index (χ3n) is 5.68. The van der Waals surface area contributed by atoms with Gasteiger partial charge in [-0.3, -0.25) is 0 Å². The highest BCUT2D eigenvalue weighted by molar-refractivity contribution is 5.40. The zero-order chi connectivity index (χ0) is 17.8. The number of para-hydroxylation sites is 1. The Kier molecular flexibility index (Phi) is 5.34. The Bertz CT molecular complexity index is 695. The molecule has 1 aromatic heterocycles. The second kappa shape index (κ2) is 8.04. The summed E-state index contributed by atoms with van der Waals surface area (Å²) in [5, 5.41) is 9.51. The zero-order valence-electron chi connectivity index (χ0n) is 15.1. The molecule has 1 aromatic carbocycles. The molecule has 2 heterocycles. The molecule has 1 N–H and O–H groups in total. The molecule has 5 heteroatoms. The van der Waals surface area contributed by atoms with Crippen LogP contribution in [0.4, 0.5) is 5.82 Å². The minimum absolute atomic E-state index is 0.146. The van der Waals surface area contributed by atoms with Gasteiger partial charge in [-0.25, -0.2) is 9.97 Å². The van der Waals surface area contributed by atoms with E-state index in [2.05, 4.69) is 20.9 Å². The molecule has 1 saturated heterocycles. The van der Waals surface area contributed by atoms with Crippen molar-refractivity contribution in [3.05, 3.63) is 48.4 Å². The minimum atomic E-state index is -0.146. The van der Waals surface area contributed by atoms with E-state index in [9.17, 15) is 5.11 Å². The maximum absolute atomic E-state index is 9.51. The van der Waals surface area contributed by atoms with Gasteiger partial charge in [-0.05, 0) is 50.2 Å². The van der Waals surface area contributed by atoms with Gasteiger partial charge in [0.25, 0.3) is 0 Å². The number of hydrogen-bond donors (Lipinski definition) is 1. The first-order chi connectivity index (χ1) is 12.8. The van der Waals surface area contributed by atoms with Crippen LogP contribution in [0.3, 0.4) is 0 Å². The second-order valence-corrected chi connectivity index (χ2v) is 7.50. The van der Waals surface area contributed by atoms with Gasteiger partial charge in [-0.1, -0.05) is 18.2 Å². The Hall–Kier alpha value is -2.14. The van der Waals surface area contributed by atoms with Gasteiger partial charge in [-0.15, -0.1) is 0 Å². The first-order valence-electron chi connectivity index (χ1n) is 9.71. The van der Waals surface area contributed by atoms with Crippen molar-refractivity contribution in [1.82, 2.24) is 9.97 Å². The number of aliphatic hydroxyl groups excluding tert-OH is 1. The van der Waals surface area contributed by atoms with E-state index in [0.717, 1.165) is 62.1 Å². The van der Waals surface area contributed by atoms with Crippen molar-refractivity contribution < 1.29 is 9.84 Å². The van der Waals surface area contributed by atoms with Crippen LogP contribution in [0.2, 0.25) is 0 Å². The van der Waals surface area contributed by atoms with E-state index in [4.69, 9.17) is 4.74 Å². The molecule has 1 aliphatic carbocycles. The maximum Gasteiger partial charge on any atom is 0.132 e. The fourth-order valence-electron chi connectivity index (χ4n) is 3.90. The number of ether oxygens (including phenoxy) is 1. The molecular formula is C21H27N3O2. The lowest BCUT2D eigenvalue weighted by molar-refractivity contribution is 0.0732. The lowest BCUT2D eigenvalue weighted by Gasteiger charge is -2.34. The average Bonchev–Trinajstić information content (AvgIpc) is 2.67. The third kappa shape index (κ3) is 4.15. The van der Waals surface area contributed by atoms with Crippen LogP contribution in [0, 0.1) is 5.92 Å². The van der Waals surface area contributed by atoms with Gasteiger partial charge < -0.3 is 14.7 Å². The molecule has 5 nitrogen and oxygen atoms in total. The van der Waals surface area contributed by atoms with E-state index >= 15 is 0 Å². The highest BCUT2D eigenvalue weighted by Gasteiger charge is 2.30. The van der Waals surface area contributed by atoms with E-state index in [1.165, 1.54) is 12.8 Å². The van der Waals surface area contributed by atoms with Crippen LogP contribution in [-0.2, 0) is 0 Å². The normalized spacial score (nSPS) is 23.5. The monoisotopic (exact) mass is 353 g/mol. The Balaban J connectivity index is 1.24. The summed E-state index contributed by atoms with van der Waals surface area (Å²) in [5.41, 5.74) is 1.08. The summed E-state index contributed by atoms with van der Waals surface area (Å²) in [4.78, 5) is 11.3. The molecule has 0 spiro atoms. The quantitative estimate of drug-likeness (QED) is 0.862. The van der Waals surface area contributed by atoms with Crippen molar-refractivity contribution in [1.29, 1.82) is 0 Å². The molecule has 2 aliphatic rings. The van der Waals surface area contributed by atoms with Gasteiger partial charge in [0.2, 0.25) is 0 Å². The summed E-state index contributed by atoms with van der Waals surface area (Å²) >= 11 is 0. The van der Waals surface area contributed by atoms with Crippen molar-refractivity contribution >= 4 is 5.82 Å². The van der Waals surface area contributed by atoms with Crippen LogP contribution >= 0.6 is 0 Å². The minimum Gasteiger partial charge on any atom is -0.494 e. The first kappa shape index (κ1) is 17.3. The SMILES string of the molecule is OC1CC(c2cc(N3CCC(CCOc4ccccc4)CC3)ncn2)C1. The molecule has 0 atom stereocenters. The summed E-state index contributed by atoms with van der Waals surface area (Å²) in [6.07, 6.45) is 6.67. The molecule has 2 aromatic rings. The van der Waals surface area contributed by atoms with Gasteiger partial charge >= 0.3 is 0 Å². The molecular weight excluding hydrogens is 326 g/mol. The summed E-state index contributed by atoms with van der Waals surface area (Å²) in [7, 11) is 0. The molecule has 0 radical (unpaired) electrons. The lowest BCUT2D eigenvalue weighted by Crippen LogP contribution is -2.35. The number of rotatable bonds is 6. The Morgan fingerprint density at radius 1 is 1.08 bits per heavy atom. The summed E-state index contributed by atoms with van der Waals surface area (Å²) in [5.74, 6) is 3.12. The highest BCUT2D eigenvalue weighted by atomic mass is 16.5. The van der Waals surface area contributed by atoms with Gasteiger partial charge in [-0.2, -0.15) is 0 Å². The predicted molar refractivity (Wildman–Crippen MR) is 102 cm³/mol. The molecule has 26 heavy (non-hydrogen) atoms. The largest absolute Gasteiger partial charge is 0.494 e. The van der Waals surface area contributed by atoms with Crippen molar-refractivity contribution in [3.63, 3.8) is 0 Å². The standard InChI is InChI=1S/C21H27N3O2/c25-18-12-17(13-18)20-14-21(23-15-22-20)24-9-6-16(7-10-24)8-11-26-19-4-2-1-3-5-19/h1-5,14-18,25H,6-13H2. The van der Waals surface area contributed by atoms with Crippen LogP contribution in [0.15, 0.2) is 42.7 Å². The Morgan fingerprint density at radius 3 is 2.58 bits per heavy atom. The van der Waals surface area contributed by atoms with Gasteiger partial charge in [0.15, 0.2) is 0 Å². The smallest absolute Gasteiger partial charge is 0.132 e. The molecule has 2 fully saturated rings. The highest BCUT2D eigenvalue weighted by Crippen LogP contribution is 2.36. The average molecular weight is 353 g/mol. The van der Waals surface area contributed by atoms with Crippen molar-refractivity contribution in [3.8, 4) is 5.75 Å². The second-order valence-electron chi connectivity index (χ2n) is 7.50. The predicted octanol–water partition coefficient (Wildman–Crippen LogP) is 3.40. The topological polar surface area (TPSA) is 58.5 Å². The van der Waals surface area contributed by atoms with Crippen LogP contribution in [-0.4, -0.2) is 40.9 Å². The van der Waals surface area contributed by atoms with Gasteiger partial charge in [0, 0.05) is 30.8 Å². The Morgan fingerprint density at radius 2 is 1.85 bits per heavy atom. The third-order valence-corrected chi connectivity index (χ3v) is 5.68. The zero-order valence-corrected chi connectivity index (χ0v) is 15.1. The number of piperidine rings is 1. The van der Waals surface area contributed by atoms with E-state index < -0.39 is 0 Å². The fourth-order valence-corrected chi connectivity index (χ4v) is 3.90. The lowest BCUT2D eigenvalue weighted by atomic mass is 9.80. The summed E-state index contributed by atoms with van der Waals surface area (Å²) in [6.45, 7) is 2.87. The van der Waals surface area contributed by atoms with Gasteiger partial charge in [0.05, 0.1) is 12.7 Å². The van der Waals surface area contributed by atoms with Crippen molar-refractivity contribution in [2.24, 2.45) is 5.92 Å². The Labute approximate surface area is 155 Å². The van der Waals surface area contributed by atoms with Crippen LogP contribution in [0.1, 0.15) is 43.7 Å². The molecule has 0 unspecified atom stereocenters. The van der Waals surface area contributed by atoms with E-state index in [1.54, 1.807) is 6.33 Å². The molecule has 1 saturated carbocycles. The van der Waals surface area contributed by atoms with Crippen molar-refractivity contribution in [2.75, 3.05) is 24.6 Å². The number of aliphatic hydroxyl groups is 1. The number of hydrogen-bond acceptors (Lipinski definition) is 5. The van der Waals surface area contributed by atoms with Crippen LogP contribution < -0.4 is 9.64 Å². The van der Waals surface area contributed by atoms with Crippen LogP contribution in [0.25, 0.3) is 0 Å². The maximum atomic E-state index is 9.51. The molecule has 0 amide bonds. The number of aromatic nitrogens is 2. The number of benzene rings is 1. The number of nitrogens with zero attached hydrogens (tertiary/aromatic N) is 3. The summed E-state index contributed by atoms with van der Waals surface area (Å²) < 4.78 is 5.84. The number of anilines is 1. The van der Waals surface area contributed by atoms with E-state index in [1.807, 2.05) is 30.3 Å². The molecule has 0 bridgehead atoms. The molecule has 1 aliphatic heterocycles. The van der Waals surface area contributed by atoms with Crippen LogP contribution in [0.5, 0.6) is 5.75 Å². The van der Waals surface area contributed by atoms with E-state index in [0.29, 0.717) is 5.92 Å².